The summed E-state index contributed by atoms with van der Waals surface area (Å²) in [6.45, 7) is 3.77. The number of benzene rings is 2. The molecule has 0 aliphatic carbocycles. The summed E-state index contributed by atoms with van der Waals surface area (Å²) in [5.41, 5.74) is 0.870. The molecule has 2 rings (SSSR count). The van der Waals surface area contributed by atoms with Crippen molar-refractivity contribution in [3.8, 4) is 6.07 Å². The molecule has 0 bridgehead atoms. The second kappa shape index (κ2) is 5.20. The molecule has 0 N–H and O–H groups in total. The molecular weight excluding hydrogens is 261 g/mol. The van der Waals surface area contributed by atoms with Crippen molar-refractivity contribution in [3.05, 3.63) is 48.0 Å². The monoisotopic (exact) mass is 275 g/mol. The first-order valence-corrected chi connectivity index (χ1v) is 9.23. The summed E-state index contributed by atoms with van der Waals surface area (Å²) in [6, 6.07) is 16.2. The fourth-order valence-corrected chi connectivity index (χ4v) is 2.72. The summed E-state index contributed by atoms with van der Waals surface area (Å²) in [5.74, 6) is 0. The summed E-state index contributed by atoms with van der Waals surface area (Å²) >= 11 is 5.26. The van der Waals surface area contributed by atoms with E-state index in [0.29, 0.717) is 0 Å². The molecule has 0 heterocycles. The first-order chi connectivity index (χ1) is 8.49. The second-order valence-corrected chi connectivity index (χ2v) is 9.83. The quantitative estimate of drug-likeness (QED) is 0.791. The standard InChI is InChI=1S/C14H14NOPS/c1-17(2,18)16-14(10-15)13-8-7-11-5-3-4-6-12(11)9-13/h3-9,14H,1-2H3/t14-/m0/s1. The Kier molecular flexibility index (Phi) is 3.82. The van der Waals surface area contributed by atoms with Gasteiger partial charge in [-0.2, -0.15) is 5.26 Å². The topological polar surface area (TPSA) is 33.0 Å². The van der Waals surface area contributed by atoms with E-state index in [-0.39, 0.29) is 0 Å². The minimum atomic E-state index is -1.85. The van der Waals surface area contributed by atoms with Crippen LogP contribution in [0.2, 0.25) is 0 Å². The van der Waals surface area contributed by atoms with Crippen molar-refractivity contribution in [1.82, 2.24) is 0 Å². The van der Waals surface area contributed by atoms with E-state index in [0.717, 1.165) is 16.3 Å². The zero-order chi connectivity index (χ0) is 13.2. The van der Waals surface area contributed by atoms with Gasteiger partial charge in [0.15, 0.2) is 6.10 Å². The fraction of sp³-hybridized carbons (Fsp3) is 0.214. The maximum absolute atomic E-state index is 9.21. The minimum Gasteiger partial charge on any atom is -0.328 e. The van der Waals surface area contributed by atoms with Crippen LogP contribution in [0.5, 0.6) is 0 Å². The molecule has 0 aromatic heterocycles. The molecule has 0 aliphatic heterocycles. The molecule has 0 amide bonds. The predicted molar refractivity (Wildman–Crippen MR) is 79.5 cm³/mol. The molecule has 1 atom stereocenters. The summed E-state index contributed by atoms with van der Waals surface area (Å²) in [5, 5.41) is 11.5. The fourth-order valence-electron chi connectivity index (χ4n) is 1.78. The molecule has 2 aromatic rings. The van der Waals surface area contributed by atoms with E-state index in [1.807, 2.05) is 55.8 Å². The highest BCUT2D eigenvalue weighted by molar-refractivity contribution is 8.11. The van der Waals surface area contributed by atoms with Gasteiger partial charge in [0.05, 0.1) is 12.3 Å². The number of nitrogens with zero attached hydrogens (tertiary/aromatic N) is 1. The lowest BCUT2D eigenvalue weighted by atomic mass is 10.0. The van der Waals surface area contributed by atoms with E-state index in [1.165, 1.54) is 0 Å². The van der Waals surface area contributed by atoms with E-state index >= 15 is 0 Å². The van der Waals surface area contributed by atoms with Gasteiger partial charge < -0.3 is 4.52 Å². The van der Waals surface area contributed by atoms with Crippen LogP contribution in [0, 0.1) is 11.3 Å². The number of fused-ring (bicyclic) bond motifs is 1. The lowest BCUT2D eigenvalue weighted by Crippen LogP contribution is -1.99. The zero-order valence-corrected chi connectivity index (χ0v) is 12.0. The maximum Gasteiger partial charge on any atom is 0.174 e. The van der Waals surface area contributed by atoms with Crippen molar-refractivity contribution in [3.63, 3.8) is 0 Å². The SMILES string of the molecule is CP(C)(=S)O[C@@H](C#N)c1ccc2ccccc2c1. The third-order valence-corrected chi connectivity index (χ3v) is 3.53. The van der Waals surface area contributed by atoms with Gasteiger partial charge in [-0.3, -0.25) is 0 Å². The molecule has 0 spiro atoms. The molecule has 92 valence electrons. The average molecular weight is 275 g/mol. The molecule has 18 heavy (non-hydrogen) atoms. The van der Waals surface area contributed by atoms with Gasteiger partial charge >= 0.3 is 0 Å². The van der Waals surface area contributed by atoms with E-state index in [4.69, 9.17) is 16.3 Å². The van der Waals surface area contributed by atoms with E-state index < -0.39 is 12.4 Å². The van der Waals surface area contributed by atoms with Crippen molar-refractivity contribution in [2.24, 2.45) is 0 Å². The molecule has 0 aliphatic rings. The first-order valence-electron chi connectivity index (χ1n) is 5.61. The van der Waals surface area contributed by atoms with Crippen molar-refractivity contribution in [2.45, 2.75) is 6.10 Å². The lowest BCUT2D eigenvalue weighted by Gasteiger charge is -2.17. The van der Waals surface area contributed by atoms with Crippen LogP contribution in [0.15, 0.2) is 42.5 Å². The van der Waals surface area contributed by atoms with Crippen LogP contribution in [-0.4, -0.2) is 13.3 Å². The van der Waals surface area contributed by atoms with E-state index in [2.05, 4.69) is 6.07 Å². The highest BCUT2D eigenvalue weighted by atomic mass is 32.4. The largest absolute Gasteiger partial charge is 0.328 e. The van der Waals surface area contributed by atoms with Gasteiger partial charge in [-0.1, -0.05) is 48.2 Å². The summed E-state index contributed by atoms with van der Waals surface area (Å²) in [4.78, 5) is 0. The van der Waals surface area contributed by atoms with Gasteiger partial charge in [-0.25, -0.2) is 0 Å². The highest BCUT2D eigenvalue weighted by Gasteiger charge is 2.16. The van der Waals surface area contributed by atoms with Crippen molar-refractivity contribution in [1.29, 1.82) is 5.26 Å². The van der Waals surface area contributed by atoms with Crippen molar-refractivity contribution >= 4 is 28.8 Å². The lowest BCUT2D eigenvalue weighted by molar-refractivity contribution is 0.296. The average Bonchev–Trinajstić information content (AvgIpc) is 2.34. The Hall–Kier alpha value is -1.20. The van der Waals surface area contributed by atoms with Crippen molar-refractivity contribution in [2.75, 3.05) is 13.3 Å². The van der Waals surface area contributed by atoms with Crippen LogP contribution < -0.4 is 0 Å². The summed E-state index contributed by atoms with van der Waals surface area (Å²) in [7, 11) is 0. The molecule has 0 saturated heterocycles. The Labute approximate surface area is 112 Å². The number of hydrogen-bond donors (Lipinski definition) is 0. The molecule has 4 heteroatoms. The van der Waals surface area contributed by atoms with Gasteiger partial charge in [0.25, 0.3) is 0 Å². The molecule has 2 nitrogen and oxygen atoms in total. The molecule has 0 unspecified atom stereocenters. The molecule has 0 saturated carbocycles. The van der Waals surface area contributed by atoms with Gasteiger partial charge in [-0.15, -0.1) is 0 Å². The molecule has 0 radical (unpaired) electrons. The molecular formula is C14H14NOPS. The van der Waals surface area contributed by atoms with Gasteiger partial charge in [-0.05, 0) is 35.7 Å². The second-order valence-electron chi connectivity index (χ2n) is 4.47. The third-order valence-electron chi connectivity index (χ3n) is 2.55. The number of rotatable bonds is 3. The van der Waals surface area contributed by atoms with Crippen molar-refractivity contribution < 1.29 is 4.52 Å². The highest BCUT2D eigenvalue weighted by Crippen LogP contribution is 2.43. The third kappa shape index (κ3) is 3.17. The normalized spacial score (nSPS) is 13.2. The Balaban J connectivity index is 2.40. The molecule has 2 aromatic carbocycles. The number of nitriles is 1. The van der Waals surface area contributed by atoms with Crippen LogP contribution in [0.25, 0.3) is 10.8 Å². The smallest absolute Gasteiger partial charge is 0.174 e. The Bertz CT molecular complexity index is 656. The van der Waals surface area contributed by atoms with Crippen LogP contribution in [0.1, 0.15) is 11.7 Å². The van der Waals surface area contributed by atoms with Crippen LogP contribution in [0.3, 0.4) is 0 Å². The Morgan fingerprint density at radius 2 is 1.83 bits per heavy atom. The minimum absolute atomic E-state index is 0.574. The van der Waals surface area contributed by atoms with Gasteiger partial charge in [0, 0.05) is 0 Å². The summed E-state index contributed by atoms with van der Waals surface area (Å²) in [6.07, 6.45) is -2.43. The summed E-state index contributed by atoms with van der Waals surface area (Å²) < 4.78 is 5.69. The number of hydrogen-bond acceptors (Lipinski definition) is 3. The first kappa shape index (κ1) is 13.2. The Morgan fingerprint density at radius 3 is 2.44 bits per heavy atom. The van der Waals surface area contributed by atoms with E-state index in [1.54, 1.807) is 0 Å². The van der Waals surface area contributed by atoms with Crippen LogP contribution in [-0.2, 0) is 16.3 Å². The van der Waals surface area contributed by atoms with E-state index in [9.17, 15) is 5.26 Å². The van der Waals surface area contributed by atoms with Gasteiger partial charge in [0.1, 0.15) is 0 Å². The van der Waals surface area contributed by atoms with Gasteiger partial charge in [0.2, 0.25) is 0 Å². The van der Waals surface area contributed by atoms with Crippen LogP contribution >= 0.6 is 6.26 Å². The molecule has 0 fully saturated rings. The maximum atomic E-state index is 9.21. The predicted octanol–water partition coefficient (Wildman–Crippen LogP) is 4.08. The Morgan fingerprint density at radius 1 is 1.17 bits per heavy atom. The zero-order valence-electron chi connectivity index (χ0n) is 10.3. The van der Waals surface area contributed by atoms with Crippen LogP contribution in [0.4, 0.5) is 0 Å².